The molecule has 0 amide bonds. The fourth-order valence-electron chi connectivity index (χ4n) is 1.98. The molecule has 2 nitrogen and oxygen atoms in total. The minimum Gasteiger partial charge on any atom is -0.508 e. The van der Waals surface area contributed by atoms with E-state index in [4.69, 9.17) is 5.11 Å². The zero-order valence-corrected chi connectivity index (χ0v) is 10.3. The molecule has 0 spiro atoms. The third-order valence-corrected chi connectivity index (χ3v) is 4.11. The van der Waals surface area contributed by atoms with Crippen LogP contribution in [0.3, 0.4) is 0 Å². The number of aromatic hydroxyl groups is 1. The molecule has 3 heteroatoms. The summed E-state index contributed by atoms with van der Waals surface area (Å²) in [7, 11) is 0. The molecule has 1 aliphatic heterocycles. The lowest BCUT2D eigenvalue weighted by Gasteiger charge is -2.22. The molecule has 1 aliphatic rings. The van der Waals surface area contributed by atoms with Crippen LogP contribution < -0.4 is 5.32 Å². The van der Waals surface area contributed by atoms with Crippen LogP contribution >= 0.6 is 11.8 Å². The van der Waals surface area contributed by atoms with Crippen molar-refractivity contribution in [3.63, 3.8) is 0 Å². The van der Waals surface area contributed by atoms with E-state index < -0.39 is 0 Å². The smallest absolute Gasteiger partial charge is 0.115 e. The fraction of sp³-hybridized carbons (Fsp3) is 0.538. The molecule has 0 bridgehead atoms. The van der Waals surface area contributed by atoms with Crippen LogP contribution in [0.5, 0.6) is 5.75 Å². The van der Waals surface area contributed by atoms with E-state index in [-0.39, 0.29) is 0 Å². The highest BCUT2D eigenvalue weighted by atomic mass is 32.2. The van der Waals surface area contributed by atoms with Gasteiger partial charge in [0.25, 0.3) is 0 Å². The summed E-state index contributed by atoms with van der Waals surface area (Å²) in [6.45, 7) is 1.18. The van der Waals surface area contributed by atoms with E-state index >= 15 is 0 Å². The Hall–Kier alpha value is -0.670. The predicted octanol–water partition coefficient (Wildman–Crippen LogP) is 2.77. The first kappa shape index (κ1) is 11.8. The number of phenols is 1. The van der Waals surface area contributed by atoms with E-state index in [0.29, 0.717) is 11.8 Å². The summed E-state index contributed by atoms with van der Waals surface area (Å²) in [5.74, 6) is 2.59. The molecule has 1 aromatic rings. The first-order chi connectivity index (χ1) is 7.84. The van der Waals surface area contributed by atoms with Crippen molar-refractivity contribution in [2.24, 2.45) is 0 Å². The fourth-order valence-corrected chi connectivity index (χ4v) is 3.09. The Bertz CT molecular complexity index is 306. The number of benzene rings is 1. The van der Waals surface area contributed by atoms with Crippen molar-refractivity contribution < 1.29 is 5.11 Å². The van der Waals surface area contributed by atoms with Crippen LogP contribution in [0.25, 0.3) is 0 Å². The number of rotatable bonds is 4. The zero-order valence-electron chi connectivity index (χ0n) is 9.48. The van der Waals surface area contributed by atoms with Crippen LogP contribution in [-0.2, 0) is 5.75 Å². The summed E-state index contributed by atoms with van der Waals surface area (Å²) in [5.41, 5.74) is 1.29. The van der Waals surface area contributed by atoms with Gasteiger partial charge in [-0.3, -0.25) is 0 Å². The molecule has 0 radical (unpaired) electrons. The predicted molar refractivity (Wildman–Crippen MR) is 69.9 cm³/mol. The lowest BCUT2D eigenvalue weighted by Crippen LogP contribution is -2.35. The van der Waals surface area contributed by atoms with Gasteiger partial charge in [-0.25, -0.2) is 0 Å². The first-order valence-corrected chi connectivity index (χ1v) is 7.09. The van der Waals surface area contributed by atoms with Crippen molar-refractivity contribution in [1.82, 2.24) is 5.32 Å². The van der Waals surface area contributed by atoms with Gasteiger partial charge in [0.2, 0.25) is 0 Å². The largest absolute Gasteiger partial charge is 0.508 e. The van der Waals surface area contributed by atoms with Gasteiger partial charge in [0.1, 0.15) is 5.75 Å². The topological polar surface area (TPSA) is 32.3 Å². The molecule has 2 rings (SSSR count). The SMILES string of the molecule is Oc1ccc(CSCC2CCCCN2)cc1. The lowest BCUT2D eigenvalue weighted by molar-refractivity contribution is 0.430. The Morgan fingerprint density at radius 3 is 2.75 bits per heavy atom. The third-order valence-electron chi connectivity index (χ3n) is 2.94. The highest BCUT2D eigenvalue weighted by Crippen LogP contribution is 2.18. The molecule has 2 N–H and O–H groups in total. The van der Waals surface area contributed by atoms with Crippen molar-refractivity contribution >= 4 is 11.8 Å². The van der Waals surface area contributed by atoms with E-state index in [0.717, 1.165) is 5.75 Å². The molecule has 1 fully saturated rings. The summed E-state index contributed by atoms with van der Waals surface area (Å²) in [5, 5.41) is 12.7. The van der Waals surface area contributed by atoms with E-state index in [9.17, 15) is 0 Å². The number of nitrogens with one attached hydrogen (secondary N) is 1. The minimum absolute atomic E-state index is 0.350. The number of piperidine rings is 1. The van der Waals surface area contributed by atoms with Crippen LogP contribution in [0.1, 0.15) is 24.8 Å². The van der Waals surface area contributed by atoms with Gasteiger partial charge in [-0.05, 0) is 37.1 Å². The number of hydrogen-bond donors (Lipinski definition) is 2. The molecule has 0 aliphatic carbocycles. The highest BCUT2D eigenvalue weighted by molar-refractivity contribution is 7.98. The minimum atomic E-state index is 0.350. The Balaban J connectivity index is 1.69. The van der Waals surface area contributed by atoms with Crippen molar-refractivity contribution in [1.29, 1.82) is 0 Å². The van der Waals surface area contributed by atoms with Crippen LogP contribution in [0, 0.1) is 0 Å². The summed E-state index contributed by atoms with van der Waals surface area (Å²) < 4.78 is 0. The van der Waals surface area contributed by atoms with Gasteiger partial charge in [-0.1, -0.05) is 18.6 Å². The molecule has 1 saturated heterocycles. The monoisotopic (exact) mass is 237 g/mol. The van der Waals surface area contributed by atoms with Crippen LogP contribution in [0.15, 0.2) is 24.3 Å². The maximum atomic E-state index is 9.17. The third kappa shape index (κ3) is 3.72. The average Bonchev–Trinajstić information content (AvgIpc) is 2.33. The second kappa shape index (κ2) is 6.16. The Morgan fingerprint density at radius 2 is 2.06 bits per heavy atom. The molecule has 0 saturated carbocycles. The molecule has 1 heterocycles. The molecule has 16 heavy (non-hydrogen) atoms. The molecule has 1 unspecified atom stereocenters. The Labute approximate surface area is 101 Å². The van der Waals surface area contributed by atoms with Gasteiger partial charge >= 0.3 is 0 Å². The van der Waals surface area contributed by atoms with E-state index in [2.05, 4.69) is 5.32 Å². The quantitative estimate of drug-likeness (QED) is 0.844. The average molecular weight is 237 g/mol. The Kier molecular flexibility index (Phi) is 4.55. The summed E-state index contributed by atoms with van der Waals surface area (Å²) in [6, 6.07) is 8.22. The summed E-state index contributed by atoms with van der Waals surface area (Å²) in [4.78, 5) is 0. The molecule has 1 aromatic carbocycles. The van der Waals surface area contributed by atoms with Crippen molar-refractivity contribution in [2.45, 2.75) is 31.1 Å². The maximum Gasteiger partial charge on any atom is 0.115 e. The zero-order chi connectivity index (χ0) is 11.2. The van der Waals surface area contributed by atoms with E-state index in [1.54, 1.807) is 12.1 Å². The second-order valence-corrected chi connectivity index (χ2v) is 5.36. The highest BCUT2D eigenvalue weighted by Gasteiger charge is 2.11. The van der Waals surface area contributed by atoms with Gasteiger partial charge in [-0.2, -0.15) is 11.8 Å². The molecular weight excluding hydrogens is 218 g/mol. The van der Waals surface area contributed by atoms with Crippen LogP contribution in [0.4, 0.5) is 0 Å². The summed E-state index contributed by atoms with van der Waals surface area (Å²) >= 11 is 1.97. The lowest BCUT2D eigenvalue weighted by atomic mass is 10.1. The standard InChI is InChI=1S/C13H19NOS/c15-13-6-4-11(5-7-13)9-16-10-12-3-1-2-8-14-12/h4-7,12,14-15H,1-3,8-10H2. The summed E-state index contributed by atoms with van der Waals surface area (Å²) in [6.07, 6.45) is 4.03. The Morgan fingerprint density at radius 1 is 1.25 bits per heavy atom. The number of hydrogen-bond acceptors (Lipinski definition) is 3. The van der Waals surface area contributed by atoms with Gasteiger partial charge < -0.3 is 10.4 Å². The molecule has 88 valence electrons. The van der Waals surface area contributed by atoms with Crippen molar-refractivity contribution in [3.05, 3.63) is 29.8 Å². The van der Waals surface area contributed by atoms with Gasteiger partial charge in [0, 0.05) is 17.5 Å². The number of thioether (sulfide) groups is 1. The van der Waals surface area contributed by atoms with Gasteiger partial charge in [0.15, 0.2) is 0 Å². The van der Waals surface area contributed by atoms with Crippen LogP contribution in [0.2, 0.25) is 0 Å². The van der Waals surface area contributed by atoms with Crippen molar-refractivity contribution in [3.8, 4) is 5.75 Å². The second-order valence-electron chi connectivity index (χ2n) is 4.33. The van der Waals surface area contributed by atoms with Gasteiger partial charge in [-0.15, -0.1) is 0 Å². The molecule has 0 aromatic heterocycles. The maximum absolute atomic E-state index is 9.17. The number of phenolic OH excluding ortho intramolecular Hbond substituents is 1. The first-order valence-electron chi connectivity index (χ1n) is 5.93. The van der Waals surface area contributed by atoms with E-state index in [1.165, 1.54) is 37.1 Å². The molecule has 1 atom stereocenters. The van der Waals surface area contributed by atoms with Crippen molar-refractivity contribution in [2.75, 3.05) is 12.3 Å². The van der Waals surface area contributed by atoms with E-state index in [1.807, 2.05) is 23.9 Å². The van der Waals surface area contributed by atoms with Gasteiger partial charge in [0.05, 0.1) is 0 Å². The van der Waals surface area contributed by atoms with Crippen LogP contribution in [-0.4, -0.2) is 23.4 Å². The molecular formula is C13H19NOS. The normalized spacial score (nSPS) is 20.9.